The molecule has 0 radical (unpaired) electrons. The van der Waals surface area contributed by atoms with Crippen molar-refractivity contribution in [2.75, 3.05) is 19.6 Å². The third-order valence-electron chi connectivity index (χ3n) is 2.31. The lowest BCUT2D eigenvalue weighted by atomic mass is 10.3. The Morgan fingerprint density at radius 1 is 1.56 bits per heavy atom. The number of hydrogen-bond acceptors (Lipinski definition) is 4. The Balaban J connectivity index is 2.38. The minimum Gasteiger partial charge on any atom is -0.409 e. The standard InChI is InChI=1S/C11H19N3OS/c1-2-6-14(9-11(12)13-15)7-5-10-4-3-8-16-10/h3-4,8,15H,2,5-7,9H2,1H3,(H2,12,13). The van der Waals surface area contributed by atoms with Crippen LogP contribution in [0, 0.1) is 0 Å². The Hall–Kier alpha value is -1.07. The first-order valence-electron chi connectivity index (χ1n) is 5.47. The van der Waals surface area contributed by atoms with Crippen molar-refractivity contribution in [1.82, 2.24) is 4.90 Å². The Morgan fingerprint density at radius 2 is 2.38 bits per heavy atom. The molecule has 0 spiro atoms. The Labute approximate surface area is 100 Å². The third kappa shape index (κ3) is 4.63. The van der Waals surface area contributed by atoms with Gasteiger partial charge < -0.3 is 10.9 Å². The van der Waals surface area contributed by atoms with Crippen molar-refractivity contribution in [3.8, 4) is 0 Å². The summed E-state index contributed by atoms with van der Waals surface area (Å²) in [4.78, 5) is 3.58. The van der Waals surface area contributed by atoms with Gasteiger partial charge in [0.25, 0.3) is 0 Å². The van der Waals surface area contributed by atoms with E-state index in [4.69, 9.17) is 10.9 Å². The second-order valence-electron chi connectivity index (χ2n) is 3.70. The van der Waals surface area contributed by atoms with Crippen LogP contribution >= 0.6 is 11.3 Å². The summed E-state index contributed by atoms with van der Waals surface area (Å²) in [5.41, 5.74) is 5.51. The molecule has 0 saturated heterocycles. The zero-order valence-corrected chi connectivity index (χ0v) is 10.4. The van der Waals surface area contributed by atoms with E-state index in [1.807, 2.05) is 0 Å². The fourth-order valence-corrected chi connectivity index (χ4v) is 2.27. The lowest BCUT2D eigenvalue weighted by molar-refractivity contribution is 0.293. The molecule has 3 N–H and O–H groups in total. The molecular weight excluding hydrogens is 222 g/mol. The molecule has 0 aromatic carbocycles. The van der Waals surface area contributed by atoms with E-state index in [1.165, 1.54) is 4.88 Å². The maximum atomic E-state index is 8.54. The molecule has 1 heterocycles. The summed E-state index contributed by atoms with van der Waals surface area (Å²) in [7, 11) is 0. The molecule has 0 aliphatic rings. The van der Waals surface area contributed by atoms with Gasteiger partial charge >= 0.3 is 0 Å². The largest absolute Gasteiger partial charge is 0.409 e. The SMILES string of the molecule is CCCN(CCc1cccs1)CC(N)=NO. The first-order chi connectivity index (χ1) is 7.76. The average Bonchev–Trinajstić information content (AvgIpc) is 2.79. The van der Waals surface area contributed by atoms with E-state index >= 15 is 0 Å². The van der Waals surface area contributed by atoms with Gasteiger partial charge in [-0.15, -0.1) is 11.3 Å². The van der Waals surface area contributed by atoms with Gasteiger partial charge in [0.2, 0.25) is 0 Å². The Morgan fingerprint density at radius 3 is 2.94 bits per heavy atom. The van der Waals surface area contributed by atoms with Crippen LogP contribution in [-0.4, -0.2) is 35.6 Å². The zero-order chi connectivity index (χ0) is 11.8. The molecule has 0 bridgehead atoms. The molecule has 0 aliphatic carbocycles. The van der Waals surface area contributed by atoms with E-state index in [0.717, 1.165) is 25.9 Å². The van der Waals surface area contributed by atoms with Crippen molar-refractivity contribution in [1.29, 1.82) is 0 Å². The minimum atomic E-state index is 0.277. The van der Waals surface area contributed by atoms with Crippen molar-refractivity contribution in [3.63, 3.8) is 0 Å². The molecule has 0 fully saturated rings. The van der Waals surface area contributed by atoms with Crippen LogP contribution in [0.3, 0.4) is 0 Å². The van der Waals surface area contributed by atoms with Gasteiger partial charge in [0, 0.05) is 11.4 Å². The van der Waals surface area contributed by atoms with E-state index < -0.39 is 0 Å². The summed E-state index contributed by atoms with van der Waals surface area (Å²) in [6, 6.07) is 4.20. The highest BCUT2D eigenvalue weighted by Crippen LogP contribution is 2.09. The quantitative estimate of drug-likeness (QED) is 0.331. The highest BCUT2D eigenvalue weighted by atomic mass is 32.1. The molecule has 0 saturated carbocycles. The van der Waals surface area contributed by atoms with Gasteiger partial charge in [0.05, 0.1) is 6.54 Å². The zero-order valence-electron chi connectivity index (χ0n) is 9.59. The number of rotatable bonds is 7. The van der Waals surface area contributed by atoms with Crippen molar-refractivity contribution >= 4 is 17.2 Å². The molecule has 4 nitrogen and oxygen atoms in total. The fourth-order valence-electron chi connectivity index (χ4n) is 1.57. The third-order valence-corrected chi connectivity index (χ3v) is 3.24. The smallest absolute Gasteiger partial charge is 0.153 e. The first kappa shape index (κ1) is 13.0. The van der Waals surface area contributed by atoms with Gasteiger partial charge in [-0.3, -0.25) is 4.90 Å². The van der Waals surface area contributed by atoms with Crippen molar-refractivity contribution in [2.45, 2.75) is 19.8 Å². The van der Waals surface area contributed by atoms with Crippen molar-refractivity contribution in [2.24, 2.45) is 10.9 Å². The highest BCUT2D eigenvalue weighted by Gasteiger charge is 2.06. The molecule has 16 heavy (non-hydrogen) atoms. The van der Waals surface area contributed by atoms with Gasteiger partial charge in [-0.25, -0.2) is 0 Å². The molecule has 0 aliphatic heterocycles. The monoisotopic (exact) mass is 241 g/mol. The summed E-state index contributed by atoms with van der Waals surface area (Å²) in [6.07, 6.45) is 2.10. The lowest BCUT2D eigenvalue weighted by Crippen LogP contribution is -2.35. The van der Waals surface area contributed by atoms with E-state index in [1.54, 1.807) is 11.3 Å². The van der Waals surface area contributed by atoms with Crippen LogP contribution in [-0.2, 0) is 6.42 Å². The predicted octanol–water partition coefficient (Wildman–Crippen LogP) is 1.75. The van der Waals surface area contributed by atoms with Crippen molar-refractivity contribution in [3.05, 3.63) is 22.4 Å². The average molecular weight is 241 g/mol. The predicted molar refractivity (Wildman–Crippen MR) is 68.2 cm³/mol. The molecule has 1 aromatic rings. The topological polar surface area (TPSA) is 61.8 Å². The molecule has 90 valence electrons. The van der Waals surface area contributed by atoms with Gasteiger partial charge in [-0.2, -0.15) is 0 Å². The lowest BCUT2D eigenvalue weighted by Gasteiger charge is -2.20. The second-order valence-corrected chi connectivity index (χ2v) is 4.73. The molecule has 1 aromatic heterocycles. The number of thiophene rings is 1. The maximum Gasteiger partial charge on any atom is 0.153 e. The van der Waals surface area contributed by atoms with Crippen LogP contribution in [0.1, 0.15) is 18.2 Å². The summed E-state index contributed by atoms with van der Waals surface area (Å²) in [6.45, 7) is 4.59. The summed E-state index contributed by atoms with van der Waals surface area (Å²) in [5.74, 6) is 0.277. The van der Waals surface area contributed by atoms with Gasteiger partial charge in [0.1, 0.15) is 0 Å². The minimum absolute atomic E-state index is 0.277. The Kier molecular flexibility index (Phi) is 5.88. The summed E-state index contributed by atoms with van der Waals surface area (Å²) >= 11 is 1.77. The van der Waals surface area contributed by atoms with E-state index in [2.05, 4.69) is 34.5 Å². The fraction of sp³-hybridized carbons (Fsp3) is 0.545. The van der Waals surface area contributed by atoms with Crippen LogP contribution in [0.5, 0.6) is 0 Å². The van der Waals surface area contributed by atoms with Crippen molar-refractivity contribution < 1.29 is 5.21 Å². The molecule has 1 rings (SSSR count). The molecule has 5 heteroatoms. The van der Waals surface area contributed by atoms with Gasteiger partial charge in [-0.1, -0.05) is 18.1 Å². The molecule has 0 unspecified atom stereocenters. The van der Waals surface area contributed by atoms with Crippen LogP contribution in [0.2, 0.25) is 0 Å². The molecule has 0 atom stereocenters. The second kappa shape index (κ2) is 7.24. The maximum absolute atomic E-state index is 8.54. The van der Waals surface area contributed by atoms with E-state index in [9.17, 15) is 0 Å². The first-order valence-corrected chi connectivity index (χ1v) is 6.35. The normalized spacial score (nSPS) is 12.2. The summed E-state index contributed by atoms with van der Waals surface area (Å²) in [5, 5.41) is 13.6. The van der Waals surface area contributed by atoms with Crippen LogP contribution in [0.15, 0.2) is 22.7 Å². The van der Waals surface area contributed by atoms with Gasteiger partial charge in [-0.05, 0) is 30.8 Å². The Bertz CT molecular complexity index is 311. The number of hydrogen-bond donors (Lipinski definition) is 2. The van der Waals surface area contributed by atoms with Gasteiger partial charge in [0.15, 0.2) is 5.84 Å². The van der Waals surface area contributed by atoms with E-state index in [0.29, 0.717) is 6.54 Å². The van der Waals surface area contributed by atoms with Crippen LogP contribution in [0.25, 0.3) is 0 Å². The molecular formula is C11H19N3OS. The van der Waals surface area contributed by atoms with Crippen LogP contribution in [0.4, 0.5) is 0 Å². The number of nitrogens with zero attached hydrogens (tertiary/aromatic N) is 2. The van der Waals surface area contributed by atoms with Crippen LogP contribution < -0.4 is 5.73 Å². The highest BCUT2D eigenvalue weighted by molar-refractivity contribution is 7.09. The number of oxime groups is 1. The summed E-state index contributed by atoms with van der Waals surface area (Å²) < 4.78 is 0. The molecule has 0 amide bonds. The van der Waals surface area contributed by atoms with E-state index in [-0.39, 0.29) is 5.84 Å². The number of nitrogens with two attached hydrogens (primary N) is 1. The number of amidine groups is 1.